The van der Waals surface area contributed by atoms with E-state index in [1.807, 2.05) is 6.07 Å². The van der Waals surface area contributed by atoms with Crippen molar-refractivity contribution in [1.29, 1.82) is 5.26 Å². The van der Waals surface area contributed by atoms with Crippen LogP contribution in [0.3, 0.4) is 0 Å². The van der Waals surface area contributed by atoms with Crippen molar-refractivity contribution in [3.05, 3.63) is 35.4 Å². The second-order valence-corrected chi connectivity index (χ2v) is 2.69. The molecule has 0 N–H and O–H groups in total. The van der Waals surface area contributed by atoms with Crippen LogP contribution in [0.1, 0.15) is 11.1 Å². The number of alkyl halides is 5. The molecule has 0 aliphatic rings. The van der Waals surface area contributed by atoms with Gasteiger partial charge in [-0.1, -0.05) is 0 Å². The van der Waals surface area contributed by atoms with Gasteiger partial charge in [-0.2, -0.15) is 27.2 Å². The van der Waals surface area contributed by atoms with E-state index < -0.39 is 23.2 Å². The third kappa shape index (κ3) is 2.43. The Bertz CT molecular complexity index is 402. The molecular weight excluding hydrogens is 217 g/mol. The number of nitriles is 1. The van der Waals surface area contributed by atoms with Crippen LogP contribution in [0.5, 0.6) is 0 Å². The zero-order chi connectivity index (χ0) is 11.7. The summed E-state index contributed by atoms with van der Waals surface area (Å²) in [5.74, 6) is -3.93. The molecule has 0 heterocycles. The SMILES string of the molecule is N#CC(F)(F)c1c[c]cc(C(F)(F)F)c1. The molecule has 1 radical (unpaired) electrons. The first kappa shape index (κ1) is 11.4. The highest BCUT2D eigenvalue weighted by Gasteiger charge is 2.36. The molecule has 79 valence electrons. The molecule has 0 aliphatic heterocycles. The Labute approximate surface area is 81.7 Å². The van der Waals surface area contributed by atoms with Crippen molar-refractivity contribution in [2.75, 3.05) is 0 Å². The highest BCUT2D eigenvalue weighted by molar-refractivity contribution is 5.31. The van der Waals surface area contributed by atoms with Crippen LogP contribution < -0.4 is 0 Å². The quantitative estimate of drug-likeness (QED) is 0.667. The molecule has 0 aliphatic carbocycles. The summed E-state index contributed by atoms with van der Waals surface area (Å²) in [6, 6.07) is 3.97. The first-order valence-corrected chi connectivity index (χ1v) is 3.65. The lowest BCUT2D eigenvalue weighted by Gasteiger charge is -2.11. The number of hydrogen-bond donors (Lipinski definition) is 0. The zero-order valence-electron chi connectivity index (χ0n) is 7.07. The van der Waals surface area contributed by atoms with Crippen LogP contribution in [0.15, 0.2) is 18.2 Å². The van der Waals surface area contributed by atoms with Gasteiger partial charge in [0.2, 0.25) is 0 Å². The molecule has 1 rings (SSSR count). The van der Waals surface area contributed by atoms with E-state index in [4.69, 9.17) is 5.26 Å². The van der Waals surface area contributed by atoms with E-state index in [2.05, 4.69) is 0 Å². The fraction of sp³-hybridized carbons (Fsp3) is 0.222. The van der Waals surface area contributed by atoms with E-state index in [9.17, 15) is 22.0 Å². The van der Waals surface area contributed by atoms with Crippen molar-refractivity contribution < 1.29 is 22.0 Å². The first-order valence-electron chi connectivity index (χ1n) is 3.65. The normalized spacial score (nSPS) is 12.3. The number of nitrogens with zero attached hydrogens (tertiary/aromatic N) is 1. The minimum atomic E-state index is -4.72. The lowest BCUT2D eigenvalue weighted by molar-refractivity contribution is -0.137. The molecule has 0 bridgehead atoms. The number of rotatable bonds is 1. The van der Waals surface area contributed by atoms with Crippen LogP contribution in [0.2, 0.25) is 0 Å². The molecule has 6 heteroatoms. The van der Waals surface area contributed by atoms with E-state index in [1.54, 1.807) is 0 Å². The van der Waals surface area contributed by atoms with E-state index in [0.717, 1.165) is 0 Å². The zero-order valence-corrected chi connectivity index (χ0v) is 7.07. The molecular formula is C9H3F5N. The Morgan fingerprint density at radius 2 is 1.60 bits per heavy atom. The van der Waals surface area contributed by atoms with Crippen LogP contribution in [0.4, 0.5) is 22.0 Å². The summed E-state index contributed by atoms with van der Waals surface area (Å²) < 4.78 is 61.7. The summed E-state index contributed by atoms with van der Waals surface area (Å²) in [7, 11) is 0. The van der Waals surface area contributed by atoms with Crippen LogP contribution in [-0.4, -0.2) is 0 Å². The van der Waals surface area contributed by atoms with Gasteiger partial charge in [-0.25, -0.2) is 0 Å². The first-order chi connectivity index (χ1) is 6.77. The molecule has 0 spiro atoms. The van der Waals surface area contributed by atoms with Gasteiger partial charge in [0.25, 0.3) is 0 Å². The predicted octanol–water partition coefficient (Wildman–Crippen LogP) is 3.12. The molecule has 0 saturated heterocycles. The van der Waals surface area contributed by atoms with Crippen molar-refractivity contribution in [2.45, 2.75) is 12.1 Å². The van der Waals surface area contributed by atoms with Crippen molar-refractivity contribution >= 4 is 0 Å². The lowest BCUT2D eigenvalue weighted by atomic mass is 10.1. The van der Waals surface area contributed by atoms with Crippen molar-refractivity contribution in [3.8, 4) is 6.07 Å². The molecule has 1 nitrogen and oxygen atoms in total. The van der Waals surface area contributed by atoms with Gasteiger partial charge in [0.1, 0.15) is 6.07 Å². The minimum Gasteiger partial charge on any atom is -0.191 e. The molecule has 0 amide bonds. The summed E-state index contributed by atoms with van der Waals surface area (Å²) in [6.07, 6.45) is -4.72. The van der Waals surface area contributed by atoms with Gasteiger partial charge < -0.3 is 0 Å². The summed E-state index contributed by atoms with van der Waals surface area (Å²) in [4.78, 5) is 0. The average molecular weight is 220 g/mol. The van der Waals surface area contributed by atoms with Crippen LogP contribution >= 0.6 is 0 Å². The Morgan fingerprint density at radius 3 is 2.07 bits per heavy atom. The van der Waals surface area contributed by atoms with Crippen molar-refractivity contribution in [1.82, 2.24) is 0 Å². The van der Waals surface area contributed by atoms with E-state index in [0.29, 0.717) is 18.2 Å². The largest absolute Gasteiger partial charge is 0.416 e. The summed E-state index contributed by atoms with van der Waals surface area (Å²) in [5.41, 5.74) is -2.27. The number of hydrogen-bond acceptors (Lipinski definition) is 1. The van der Waals surface area contributed by atoms with Gasteiger partial charge in [-0.3, -0.25) is 0 Å². The fourth-order valence-corrected chi connectivity index (χ4v) is 0.882. The third-order valence-corrected chi connectivity index (χ3v) is 1.62. The van der Waals surface area contributed by atoms with E-state index in [1.165, 1.54) is 0 Å². The summed E-state index contributed by atoms with van der Waals surface area (Å²) in [5, 5.41) is 8.05. The van der Waals surface area contributed by atoms with Gasteiger partial charge in [0.15, 0.2) is 0 Å². The topological polar surface area (TPSA) is 23.8 Å². The summed E-state index contributed by atoms with van der Waals surface area (Å²) in [6.45, 7) is 0. The van der Waals surface area contributed by atoms with Gasteiger partial charge in [-0.15, -0.1) is 0 Å². The Morgan fingerprint density at radius 1 is 1.07 bits per heavy atom. The summed E-state index contributed by atoms with van der Waals surface area (Å²) >= 11 is 0. The molecule has 1 aromatic carbocycles. The number of benzene rings is 1. The number of halogens is 5. The van der Waals surface area contributed by atoms with Crippen LogP contribution in [0.25, 0.3) is 0 Å². The van der Waals surface area contributed by atoms with E-state index >= 15 is 0 Å². The molecule has 0 saturated carbocycles. The smallest absolute Gasteiger partial charge is 0.191 e. The Hall–Kier alpha value is -1.64. The molecule has 0 unspecified atom stereocenters. The van der Waals surface area contributed by atoms with Gasteiger partial charge in [0.05, 0.1) is 5.56 Å². The average Bonchev–Trinajstić information content (AvgIpc) is 2.17. The lowest BCUT2D eigenvalue weighted by Crippen LogP contribution is -2.12. The molecule has 15 heavy (non-hydrogen) atoms. The Balaban J connectivity index is 3.22. The maximum atomic E-state index is 12.7. The van der Waals surface area contributed by atoms with Crippen LogP contribution in [-0.2, 0) is 12.1 Å². The molecule has 0 aromatic heterocycles. The molecule has 1 aromatic rings. The van der Waals surface area contributed by atoms with Crippen molar-refractivity contribution in [3.63, 3.8) is 0 Å². The second-order valence-electron chi connectivity index (χ2n) is 2.69. The van der Waals surface area contributed by atoms with Crippen LogP contribution in [0, 0.1) is 17.4 Å². The Kier molecular flexibility index (Phi) is 2.67. The fourth-order valence-electron chi connectivity index (χ4n) is 0.882. The third-order valence-electron chi connectivity index (χ3n) is 1.62. The second kappa shape index (κ2) is 3.50. The maximum Gasteiger partial charge on any atom is 0.416 e. The highest BCUT2D eigenvalue weighted by atomic mass is 19.4. The molecule has 0 atom stereocenters. The standard InChI is InChI=1S/C9H3F5N/c10-8(11,5-15)6-2-1-3-7(4-6)9(12,13)14/h2-4H. The molecule has 0 fully saturated rings. The van der Waals surface area contributed by atoms with Gasteiger partial charge >= 0.3 is 12.1 Å². The minimum absolute atomic E-state index is 0.236. The monoisotopic (exact) mass is 220 g/mol. The van der Waals surface area contributed by atoms with Gasteiger partial charge in [-0.05, 0) is 24.3 Å². The highest BCUT2D eigenvalue weighted by Crippen LogP contribution is 2.33. The van der Waals surface area contributed by atoms with Gasteiger partial charge in [0, 0.05) is 5.56 Å². The van der Waals surface area contributed by atoms with Crippen molar-refractivity contribution in [2.24, 2.45) is 0 Å². The maximum absolute atomic E-state index is 12.7. The predicted molar refractivity (Wildman–Crippen MR) is 39.8 cm³/mol. The van der Waals surface area contributed by atoms with E-state index in [-0.39, 0.29) is 6.07 Å².